The molecule has 0 aliphatic heterocycles. The zero-order chi connectivity index (χ0) is 14.2. The lowest BCUT2D eigenvalue weighted by Gasteiger charge is -2.03. The molecule has 0 aliphatic carbocycles. The molecular weight excluding hydrogens is 248 g/mol. The number of aryl methyl sites for hydroxylation is 1. The Balaban J connectivity index is 1.82. The Hall–Kier alpha value is -2.22. The third-order valence-corrected chi connectivity index (χ3v) is 3.19. The van der Waals surface area contributed by atoms with Crippen molar-refractivity contribution in [2.45, 2.75) is 19.3 Å². The van der Waals surface area contributed by atoms with Crippen LogP contribution in [0.2, 0.25) is 0 Å². The molecule has 0 fully saturated rings. The van der Waals surface area contributed by atoms with Gasteiger partial charge < -0.3 is 9.84 Å². The predicted octanol–water partition coefficient (Wildman–Crippen LogP) is 4.44. The zero-order valence-corrected chi connectivity index (χ0v) is 11.8. The summed E-state index contributed by atoms with van der Waals surface area (Å²) in [6.45, 7) is 0. The number of unbranched alkanes of at least 4 members (excludes halogenated alkanes) is 1. The molecule has 20 heavy (non-hydrogen) atoms. The van der Waals surface area contributed by atoms with Gasteiger partial charge in [-0.1, -0.05) is 48.6 Å². The molecule has 0 spiro atoms. The third-order valence-electron chi connectivity index (χ3n) is 3.19. The molecule has 0 aromatic heterocycles. The summed E-state index contributed by atoms with van der Waals surface area (Å²) in [6, 6.07) is 15.9. The molecule has 2 aromatic carbocycles. The second-order valence-corrected chi connectivity index (χ2v) is 4.71. The van der Waals surface area contributed by atoms with Crippen molar-refractivity contribution in [1.82, 2.24) is 0 Å². The van der Waals surface area contributed by atoms with Crippen molar-refractivity contribution in [3.05, 3.63) is 65.7 Å². The molecule has 2 aromatic rings. The highest BCUT2D eigenvalue weighted by atomic mass is 16.5. The fourth-order valence-corrected chi connectivity index (χ4v) is 2.09. The van der Waals surface area contributed by atoms with Crippen LogP contribution < -0.4 is 4.74 Å². The first-order valence-corrected chi connectivity index (χ1v) is 6.87. The van der Waals surface area contributed by atoms with Crippen LogP contribution in [0.25, 0.3) is 6.08 Å². The lowest BCUT2D eigenvalue weighted by atomic mass is 10.1. The molecule has 0 radical (unpaired) electrons. The van der Waals surface area contributed by atoms with Crippen LogP contribution in [0.4, 0.5) is 0 Å². The van der Waals surface area contributed by atoms with Crippen molar-refractivity contribution in [1.29, 1.82) is 0 Å². The molecule has 0 bridgehead atoms. The van der Waals surface area contributed by atoms with E-state index in [-0.39, 0.29) is 5.75 Å². The van der Waals surface area contributed by atoms with Gasteiger partial charge in [0.2, 0.25) is 0 Å². The van der Waals surface area contributed by atoms with Crippen LogP contribution in [-0.4, -0.2) is 12.2 Å². The third kappa shape index (κ3) is 4.16. The van der Waals surface area contributed by atoms with Crippen LogP contribution >= 0.6 is 0 Å². The molecule has 2 nitrogen and oxygen atoms in total. The first-order valence-electron chi connectivity index (χ1n) is 6.87. The van der Waals surface area contributed by atoms with Crippen molar-refractivity contribution >= 4 is 6.08 Å². The topological polar surface area (TPSA) is 29.5 Å². The number of phenols is 1. The summed E-state index contributed by atoms with van der Waals surface area (Å²) in [6.07, 6.45) is 7.50. The molecule has 0 heterocycles. The standard InChI is InChI=1S/C18H20O2/c1-20-18-14-16(12-13-17(18)19)11-7-3-6-10-15-8-4-2-5-9-15/h2,4-5,7-9,11-14,19H,3,6,10H2,1H3. The van der Waals surface area contributed by atoms with Crippen LogP contribution in [0.15, 0.2) is 54.6 Å². The van der Waals surface area contributed by atoms with E-state index in [0.29, 0.717) is 5.75 Å². The number of rotatable bonds is 6. The molecule has 0 saturated carbocycles. The minimum Gasteiger partial charge on any atom is -0.504 e. The smallest absolute Gasteiger partial charge is 0.161 e. The minimum atomic E-state index is 0.175. The molecule has 0 aliphatic rings. The largest absolute Gasteiger partial charge is 0.504 e. The summed E-state index contributed by atoms with van der Waals surface area (Å²) >= 11 is 0. The van der Waals surface area contributed by atoms with Gasteiger partial charge in [-0.3, -0.25) is 0 Å². The van der Waals surface area contributed by atoms with Gasteiger partial charge in [-0.15, -0.1) is 0 Å². The number of benzene rings is 2. The number of hydrogen-bond donors (Lipinski definition) is 1. The van der Waals surface area contributed by atoms with Gasteiger partial charge in [0, 0.05) is 0 Å². The molecule has 2 heteroatoms. The molecule has 2 rings (SSSR count). The van der Waals surface area contributed by atoms with E-state index in [1.54, 1.807) is 13.2 Å². The highest BCUT2D eigenvalue weighted by Crippen LogP contribution is 2.26. The Labute approximate surface area is 120 Å². The molecular formula is C18H20O2. The molecule has 1 N–H and O–H groups in total. The van der Waals surface area contributed by atoms with E-state index in [1.165, 1.54) is 5.56 Å². The quantitative estimate of drug-likeness (QED) is 0.785. The normalized spacial score (nSPS) is 10.8. The van der Waals surface area contributed by atoms with Gasteiger partial charge in [-0.25, -0.2) is 0 Å². The van der Waals surface area contributed by atoms with E-state index in [0.717, 1.165) is 24.8 Å². The summed E-state index contributed by atoms with van der Waals surface area (Å²) in [7, 11) is 1.56. The van der Waals surface area contributed by atoms with Crippen molar-refractivity contribution in [3.63, 3.8) is 0 Å². The first kappa shape index (κ1) is 14.2. The van der Waals surface area contributed by atoms with Gasteiger partial charge >= 0.3 is 0 Å². The van der Waals surface area contributed by atoms with Gasteiger partial charge in [-0.05, 0) is 42.5 Å². The van der Waals surface area contributed by atoms with Gasteiger partial charge in [-0.2, -0.15) is 0 Å². The summed E-state index contributed by atoms with van der Waals surface area (Å²) in [5, 5.41) is 9.52. The van der Waals surface area contributed by atoms with Crippen LogP contribution in [-0.2, 0) is 6.42 Å². The minimum absolute atomic E-state index is 0.175. The number of aromatic hydroxyl groups is 1. The summed E-state index contributed by atoms with van der Waals surface area (Å²) in [4.78, 5) is 0. The molecule has 0 atom stereocenters. The summed E-state index contributed by atoms with van der Waals surface area (Å²) < 4.78 is 5.09. The Bertz CT molecular complexity index is 559. The molecule has 0 amide bonds. The van der Waals surface area contributed by atoms with E-state index >= 15 is 0 Å². The molecule has 0 saturated heterocycles. The maximum Gasteiger partial charge on any atom is 0.161 e. The van der Waals surface area contributed by atoms with E-state index in [4.69, 9.17) is 4.74 Å². The first-order chi connectivity index (χ1) is 9.79. The van der Waals surface area contributed by atoms with E-state index in [1.807, 2.05) is 18.2 Å². The lowest BCUT2D eigenvalue weighted by Crippen LogP contribution is -1.84. The monoisotopic (exact) mass is 268 g/mol. The maximum atomic E-state index is 9.52. The highest BCUT2D eigenvalue weighted by molar-refractivity contribution is 5.55. The van der Waals surface area contributed by atoms with Gasteiger partial charge in [0.25, 0.3) is 0 Å². The number of phenolic OH excluding ortho intramolecular Hbond substituents is 1. The highest BCUT2D eigenvalue weighted by Gasteiger charge is 1.99. The maximum absolute atomic E-state index is 9.52. The summed E-state index contributed by atoms with van der Waals surface area (Å²) in [5.41, 5.74) is 2.42. The van der Waals surface area contributed by atoms with Gasteiger partial charge in [0.15, 0.2) is 11.5 Å². The van der Waals surface area contributed by atoms with E-state index in [2.05, 4.69) is 36.4 Å². The average Bonchev–Trinajstić information content (AvgIpc) is 2.49. The van der Waals surface area contributed by atoms with Crippen molar-refractivity contribution in [2.24, 2.45) is 0 Å². The van der Waals surface area contributed by atoms with E-state index in [9.17, 15) is 5.11 Å². The second kappa shape index (κ2) is 7.39. The Morgan fingerprint density at radius 2 is 1.90 bits per heavy atom. The number of hydrogen-bond acceptors (Lipinski definition) is 2. The predicted molar refractivity (Wildman–Crippen MR) is 83.1 cm³/mol. The Kier molecular flexibility index (Phi) is 5.24. The fourth-order valence-electron chi connectivity index (χ4n) is 2.09. The molecule has 104 valence electrons. The SMILES string of the molecule is COc1cc(C=CCCCc2ccccc2)ccc1O. The van der Waals surface area contributed by atoms with Crippen LogP contribution in [0, 0.1) is 0 Å². The second-order valence-electron chi connectivity index (χ2n) is 4.71. The van der Waals surface area contributed by atoms with Crippen LogP contribution in [0.1, 0.15) is 24.0 Å². The van der Waals surface area contributed by atoms with Crippen LogP contribution in [0.3, 0.4) is 0 Å². The summed E-state index contributed by atoms with van der Waals surface area (Å²) in [5.74, 6) is 0.685. The number of allylic oxidation sites excluding steroid dienone is 1. The van der Waals surface area contributed by atoms with E-state index < -0.39 is 0 Å². The van der Waals surface area contributed by atoms with Crippen LogP contribution in [0.5, 0.6) is 11.5 Å². The molecule has 0 unspecified atom stereocenters. The van der Waals surface area contributed by atoms with Crippen molar-refractivity contribution < 1.29 is 9.84 Å². The van der Waals surface area contributed by atoms with Gasteiger partial charge in [0.1, 0.15) is 0 Å². The average molecular weight is 268 g/mol. The van der Waals surface area contributed by atoms with Crippen molar-refractivity contribution in [2.75, 3.05) is 7.11 Å². The number of ether oxygens (including phenoxy) is 1. The number of methoxy groups -OCH3 is 1. The zero-order valence-electron chi connectivity index (χ0n) is 11.8. The Morgan fingerprint density at radius 3 is 2.65 bits per heavy atom. The van der Waals surface area contributed by atoms with Gasteiger partial charge in [0.05, 0.1) is 7.11 Å². The lowest BCUT2D eigenvalue weighted by molar-refractivity contribution is 0.373. The Morgan fingerprint density at radius 1 is 1.10 bits per heavy atom. The fraction of sp³-hybridized carbons (Fsp3) is 0.222. The van der Waals surface area contributed by atoms with Crippen molar-refractivity contribution in [3.8, 4) is 11.5 Å².